The summed E-state index contributed by atoms with van der Waals surface area (Å²) in [6, 6.07) is 2.92. The average Bonchev–Trinajstić information content (AvgIpc) is 3.17. The fraction of sp³-hybridized carbons (Fsp3) is 0.588. The van der Waals surface area contributed by atoms with Gasteiger partial charge < -0.3 is 4.57 Å². The van der Waals surface area contributed by atoms with E-state index in [4.69, 9.17) is 0 Å². The van der Waals surface area contributed by atoms with Crippen molar-refractivity contribution >= 4 is 10.0 Å². The standard InChI is InChI=1S/C17H25N5O3S/c1-17(2,3)14-7-8-15(23)21(19-14)12-13-6-5-10-22(13)26(24,25)16-18-9-11-20(16)4/h7-9,11,13H,5-6,10,12H2,1-4H3. The highest BCUT2D eigenvalue weighted by Gasteiger charge is 2.38. The van der Waals surface area contributed by atoms with Gasteiger partial charge in [-0.2, -0.15) is 9.40 Å². The molecule has 1 aliphatic heterocycles. The second-order valence-electron chi connectivity index (χ2n) is 7.72. The van der Waals surface area contributed by atoms with Crippen molar-refractivity contribution in [1.82, 2.24) is 23.6 Å². The van der Waals surface area contributed by atoms with Crippen LogP contribution in [0.25, 0.3) is 0 Å². The normalized spacial score (nSPS) is 19.2. The highest BCUT2D eigenvalue weighted by molar-refractivity contribution is 7.89. The van der Waals surface area contributed by atoms with E-state index in [2.05, 4.69) is 10.1 Å². The van der Waals surface area contributed by atoms with Gasteiger partial charge in [0.25, 0.3) is 15.6 Å². The maximum atomic E-state index is 13.0. The van der Waals surface area contributed by atoms with E-state index < -0.39 is 10.0 Å². The summed E-state index contributed by atoms with van der Waals surface area (Å²) in [5.74, 6) is 0. The van der Waals surface area contributed by atoms with Crippen LogP contribution in [-0.4, -0.2) is 44.6 Å². The van der Waals surface area contributed by atoms with E-state index >= 15 is 0 Å². The first kappa shape index (κ1) is 18.8. The Kier molecular flexibility index (Phi) is 4.78. The number of imidazole rings is 1. The third kappa shape index (κ3) is 3.45. The molecule has 9 heteroatoms. The molecule has 1 unspecified atom stereocenters. The first-order chi connectivity index (χ1) is 12.1. The van der Waals surface area contributed by atoms with E-state index in [0.717, 1.165) is 12.1 Å². The summed E-state index contributed by atoms with van der Waals surface area (Å²) in [6.07, 6.45) is 4.52. The smallest absolute Gasteiger partial charge is 0.277 e. The number of aromatic nitrogens is 4. The zero-order chi connectivity index (χ0) is 19.1. The molecule has 8 nitrogen and oxygen atoms in total. The highest BCUT2D eigenvalue weighted by atomic mass is 32.2. The molecule has 0 spiro atoms. The number of hydrogen-bond donors (Lipinski definition) is 0. The van der Waals surface area contributed by atoms with Gasteiger partial charge in [-0.25, -0.2) is 18.1 Å². The molecule has 3 heterocycles. The van der Waals surface area contributed by atoms with Crippen LogP contribution in [0.1, 0.15) is 39.3 Å². The molecule has 0 bridgehead atoms. The Hall–Kier alpha value is -2.00. The van der Waals surface area contributed by atoms with Gasteiger partial charge in [0.15, 0.2) is 0 Å². The fourth-order valence-electron chi connectivity index (χ4n) is 3.19. The third-order valence-corrected chi connectivity index (χ3v) is 6.61. The van der Waals surface area contributed by atoms with Gasteiger partial charge in [-0.1, -0.05) is 20.8 Å². The molecule has 1 fully saturated rings. The van der Waals surface area contributed by atoms with E-state index in [1.165, 1.54) is 25.8 Å². The Morgan fingerprint density at radius 3 is 2.62 bits per heavy atom. The molecule has 142 valence electrons. The lowest BCUT2D eigenvalue weighted by Crippen LogP contribution is -2.41. The summed E-state index contributed by atoms with van der Waals surface area (Å²) in [5.41, 5.74) is 0.386. The largest absolute Gasteiger partial charge is 0.324 e. The minimum absolute atomic E-state index is 0.0214. The second-order valence-corrected chi connectivity index (χ2v) is 9.51. The number of sulfonamides is 1. The van der Waals surface area contributed by atoms with E-state index in [1.54, 1.807) is 19.3 Å². The summed E-state index contributed by atoms with van der Waals surface area (Å²) >= 11 is 0. The summed E-state index contributed by atoms with van der Waals surface area (Å²) in [4.78, 5) is 16.2. The van der Waals surface area contributed by atoms with Crippen molar-refractivity contribution < 1.29 is 8.42 Å². The maximum Gasteiger partial charge on any atom is 0.277 e. The molecule has 1 saturated heterocycles. The van der Waals surface area contributed by atoms with Gasteiger partial charge in [0, 0.05) is 43.5 Å². The highest BCUT2D eigenvalue weighted by Crippen LogP contribution is 2.26. The van der Waals surface area contributed by atoms with Crippen molar-refractivity contribution in [3.8, 4) is 0 Å². The lowest BCUT2D eigenvalue weighted by Gasteiger charge is -2.24. The molecule has 0 N–H and O–H groups in total. The van der Waals surface area contributed by atoms with Gasteiger partial charge in [-0.05, 0) is 18.9 Å². The Morgan fingerprint density at radius 1 is 1.27 bits per heavy atom. The van der Waals surface area contributed by atoms with E-state index in [9.17, 15) is 13.2 Å². The molecule has 0 aliphatic carbocycles. The van der Waals surface area contributed by atoms with Crippen molar-refractivity contribution in [1.29, 1.82) is 0 Å². The number of aryl methyl sites for hydroxylation is 1. The molecule has 1 atom stereocenters. The summed E-state index contributed by atoms with van der Waals surface area (Å²) < 4.78 is 30.3. The van der Waals surface area contributed by atoms with E-state index in [1.807, 2.05) is 20.8 Å². The quantitative estimate of drug-likeness (QED) is 0.794. The van der Waals surface area contributed by atoms with Crippen LogP contribution >= 0.6 is 0 Å². The molecular weight excluding hydrogens is 354 g/mol. The maximum absolute atomic E-state index is 13.0. The first-order valence-electron chi connectivity index (χ1n) is 8.68. The molecule has 0 amide bonds. The van der Waals surface area contributed by atoms with Crippen molar-refractivity contribution in [2.75, 3.05) is 6.54 Å². The van der Waals surface area contributed by atoms with Gasteiger partial charge in [-0.15, -0.1) is 0 Å². The zero-order valence-corrected chi connectivity index (χ0v) is 16.4. The van der Waals surface area contributed by atoms with Gasteiger partial charge in [0.1, 0.15) is 0 Å². The molecule has 2 aromatic heterocycles. The van der Waals surface area contributed by atoms with Gasteiger partial charge in [-0.3, -0.25) is 4.79 Å². The predicted octanol–water partition coefficient (Wildman–Crippen LogP) is 1.13. The summed E-state index contributed by atoms with van der Waals surface area (Å²) in [6.45, 7) is 6.74. The molecule has 0 aromatic carbocycles. The molecule has 0 radical (unpaired) electrons. The third-order valence-electron chi connectivity index (χ3n) is 4.66. The van der Waals surface area contributed by atoms with Crippen molar-refractivity contribution in [3.63, 3.8) is 0 Å². The van der Waals surface area contributed by atoms with Crippen molar-refractivity contribution in [2.45, 2.75) is 56.8 Å². The Balaban J connectivity index is 1.91. The van der Waals surface area contributed by atoms with E-state index in [-0.39, 0.29) is 28.7 Å². The van der Waals surface area contributed by atoms with Crippen LogP contribution in [0.3, 0.4) is 0 Å². The van der Waals surface area contributed by atoms with Crippen molar-refractivity contribution in [3.05, 3.63) is 40.6 Å². The lowest BCUT2D eigenvalue weighted by molar-refractivity contribution is 0.328. The Morgan fingerprint density at radius 2 is 2.00 bits per heavy atom. The molecule has 0 saturated carbocycles. The molecule has 3 rings (SSSR count). The minimum atomic E-state index is -3.70. The number of hydrogen-bond acceptors (Lipinski definition) is 5. The minimum Gasteiger partial charge on any atom is -0.324 e. The van der Waals surface area contributed by atoms with Crippen LogP contribution in [0, 0.1) is 0 Å². The first-order valence-corrected chi connectivity index (χ1v) is 10.1. The average molecular weight is 379 g/mol. The lowest BCUT2D eigenvalue weighted by atomic mass is 9.92. The molecule has 1 aliphatic rings. The Labute approximate surface area is 153 Å². The molecule has 2 aromatic rings. The van der Waals surface area contributed by atoms with Crippen LogP contribution < -0.4 is 5.56 Å². The number of nitrogens with zero attached hydrogens (tertiary/aromatic N) is 5. The second kappa shape index (κ2) is 6.62. The SMILES string of the molecule is Cn1ccnc1S(=O)(=O)N1CCCC1Cn1nc(C(C)(C)C)ccc1=O. The molecule has 26 heavy (non-hydrogen) atoms. The van der Waals surface area contributed by atoms with Crippen LogP contribution in [-0.2, 0) is 29.0 Å². The predicted molar refractivity (Wildman–Crippen MR) is 97.3 cm³/mol. The monoisotopic (exact) mass is 379 g/mol. The van der Waals surface area contributed by atoms with Crippen LogP contribution in [0.2, 0.25) is 0 Å². The van der Waals surface area contributed by atoms with E-state index in [0.29, 0.717) is 13.0 Å². The van der Waals surface area contributed by atoms with Crippen LogP contribution in [0.4, 0.5) is 0 Å². The van der Waals surface area contributed by atoms with Gasteiger partial charge in [0.2, 0.25) is 5.16 Å². The van der Waals surface area contributed by atoms with Crippen LogP contribution in [0.15, 0.2) is 34.5 Å². The molecular formula is C17H25N5O3S. The Bertz CT molecular complexity index is 955. The van der Waals surface area contributed by atoms with Crippen LogP contribution in [0.5, 0.6) is 0 Å². The van der Waals surface area contributed by atoms with Gasteiger partial charge in [0.05, 0.1) is 12.2 Å². The summed E-state index contributed by atoms with van der Waals surface area (Å²) in [5, 5.41) is 4.49. The number of rotatable bonds is 4. The van der Waals surface area contributed by atoms with Gasteiger partial charge >= 0.3 is 0 Å². The fourth-order valence-corrected chi connectivity index (χ4v) is 4.96. The summed E-state index contributed by atoms with van der Waals surface area (Å²) in [7, 11) is -2.05. The zero-order valence-electron chi connectivity index (χ0n) is 15.6. The topological polar surface area (TPSA) is 90.1 Å². The van der Waals surface area contributed by atoms with Crippen molar-refractivity contribution in [2.24, 2.45) is 7.05 Å².